The third-order valence-corrected chi connectivity index (χ3v) is 3.22. The van der Waals surface area contributed by atoms with Crippen LogP contribution in [0.3, 0.4) is 0 Å². The lowest BCUT2D eigenvalue weighted by atomic mass is 10.2. The van der Waals surface area contributed by atoms with E-state index in [9.17, 15) is 5.11 Å². The maximum atomic E-state index is 9.87. The molecular formula is C15H29N3O2. The molecule has 1 heterocycles. The Balaban J connectivity index is 2.14. The summed E-state index contributed by atoms with van der Waals surface area (Å²) >= 11 is 0. The van der Waals surface area contributed by atoms with Gasteiger partial charge in [-0.15, -0.1) is 0 Å². The number of aryl methyl sites for hydroxylation is 2. The Hall–Kier alpha value is -1.07. The molecule has 20 heavy (non-hydrogen) atoms. The van der Waals surface area contributed by atoms with Crippen molar-refractivity contribution < 1.29 is 9.84 Å². The summed E-state index contributed by atoms with van der Waals surface area (Å²) in [4.78, 5) is 0. The molecule has 116 valence electrons. The summed E-state index contributed by atoms with van der Waals surface area (Å²) in [6, 6.07) is 0. The summed E-state index contributed by atoms with van der Waals surface area (Å²) in [6.07, 6.45) is 7.12. The van der Waals surface area contributed by atoms with Crippen molar-refractivity contribution in [3.05, 3.63) is 11.9 Å². The van der Waals surface area contributed by atoms with E-state index in [1.165, 1.54) is 19.3 Å². The van der Waals surface area contributed by atoms with E-state index in [0.29, 0.717) is 13.2 Å². The molecular weight excluding hydrogens is 254 g/mol. The second kappa shape index (κ2) is 9.77. The maximum absolute atomic E-state index is 9.87. The van der Waals surface area contributed by atoms with Gasteiger partial charge in [0.1, 0.15) is 0 Å². The predicted molar refractivity (Wildman–Crippen MR) is 82.0 cm³/mol. The number of anilines is 1. The minimum Gasteiger partial charge on any atom is -0.389 e. The molecule has 0 aliphatic heterocycles. The Morgan fingerprint density at radius 3 is 2.85 bits per heavy atom. The Kier molecular flexibility index (Phi) is 8.30. The number of aliphatic hydroxyl groups excluding tert-OH is 1. The van der Waals surface area contributed by atoms with Crippen LogP contribution in [-0.2, 0) is 18.2 Å². The summed E-state index contributed by atoms with van der Waals surface area (Å²) in [7, 11) is 1.90. The second-order valence-electron chi connectivity index (χ2n) is 5.19. The third kappa shape index (κ3) is 6.39. The van der Waals surface area contributed by atoms with Gasteiger partial charge in [0, 0.05) is 26.4 Å². The van der Waals surface area contributed by atoms with E-state index in [1.54, 1.807) is 4.68 Å². The van der Waals surface area contributed by atoms with Gasteiger partial charge in [0.15, 0.2) is 0 Å². The van der Waals surface area contributed by atoms with Gasteiger partial charge in [0.25, 0.3) is 0 Å². The molecule has 5 nitrogen and oxygen atoms in total. The summed E-state index contributed by atoms with van der Waals surface area (Å²) in [5.41, 5.74) is 2.03. The van der Waals surface area contributed by atoms with Gasteiger partial charge in [-0.3, -0.25) is 4.68 Å². The molecule has 1 unspecified atom stereocenters. The predicted octanol–water partition coefficient (Wildman–Crippen LogP) is 2.35. The highest BCUT2D eigenvalue weighted by molar-refractivity contribution is 5.46. The topological polar surface area (TPSA) is 59.3 Å². The van der Waals surface area contributed by atoms with Crippen LogP contribution in [0, 0.1) is 0 Å². The first kappa shape index (κ1) is 17.0. The molecule has 0 aliphatic carbocycles. The largest absolute Gasteiger partial charge is 0.389 e. The second-order valence-corrected chi connectivity index (χ2v) is 5.19. The standard InChI is InChI=1S/C15H29N3O2/c1-4-6-7-8-9-20-12-13(19)10-16-15-11-18(3)17-14(15)5-2/h11,13,16,19H,4-10,12H2,1-3H3. The SMILES string of the molecule is CCCCCCOCC(O)CNc1cn(C)nc1CC. The number of hydrogen-bond acceptors (Lipinski definition) is 4. The van der Waals surface area contributed by atoms with Crippen LogP contribution in [-0.4, -0.2) is 40.7 Å². The Labute approximate surface area is 122 Å². The van der Waals surface area contributed by atoms with E-state index in [4.69, 9.17) is 4.74 Å². The molecule has 0 saturated carbocycles. The zero-order valence-electron chi connectivity index (χ0n) is 13.1. The minimum atomic E-state index is -0.480. The van der Waals surface area contributed by atoms with E-state index in [-0.39, 0.29) is 0 Å². The van der Waals surface area contributed by atoms with Crippen molar-refractivity contribution in [1.82, 2.24) is 9.78 Å². The van der Waals surface area contributed by atoms with Crippen molar-refractivity contribution in [2.24, 2.45) is 7.05 Å². The maximum Gasteiger partial charge on any atom is 0.0945 e. The Morgan fingerprint density at radius 1 is 1.35 bits per heavy atom. The fourth-order valence-electron chi connectivity index (χ4n) is 2.08. The molecule has 0 aromatic carbocycles. The van der Waals surface area contributed by atoms with E-state index < -0.39 is 6.10 Å². The highest BCUT2D eigenvalue weighted by atomic mass is 16.5. The first-order chi connectivity index (χ1) is 9.67. The molecule has 0 amide bonds. The van der Waals surface area contributed by atoms with E-state index in [0.717, 1.165) is 30.8 Å². The number of aromatic nitrogens is 2. The molecule has 2 N–H and O–H groups in total. The molecule has 1 aromatic rings. The number of rotatable bonds is 11. The van der Waals surface area contributed by atoms with Gasteiger partial charge in [0.05, 0.1) is 24.1 Å². The number of unbranched alkanes of at least 4 members (excludes halogenated alkanes) is 3. The van der Waals surface area contributed by atoms with Crippen LogP contribution in [0.25, 0.3) is 0 Å². The van der Waals surface area contributed by atoms with Crippen molar-refractivity contribution in [2.75, 3.05) is 25.1 Å². The summed E-state index contributed by atoms with van der Waals surface area (Å²) in [5, 5.41) is 17.5. The minimum absolute atomic E-state index is 0.390. The highest BCUT2D eigenvalue weighted by Gasteiger charge is 2.08. The monoisotopic (exact) mass is 283 g/mol. The Morgan fingerprint density at radius 2 is 2.15 bits per heavy atom. The van der Waals surface area contributed by atoms with Gasteiger partial charge in [-0.05, 0) is 12.8 Å². The van der Waals surface area contributed by atoms with Crippen LogP contribution in [0.2, 0.25) is 0 Å². The van der Waals surface area contributed by atoms with Crippen molar-refractivity contribution in [3.8, 4) is 0 Å². The van der Waals surface area contributed by atoms with Crippen LogP contribution < -0.4 is 5.32 Å². The lowest BCUT2D eigenvalue weighted by Crippen LogP contribution is -2.25. The molecule has 0 aliphatic rings. The number of aliphatic hydroxyl groups is 1. The molecule has 0 fully saturated rings. The number of nitrogens with one attached hydrogen (secondary N) is 1. The van der Waals surface area contributed by atoms with E-state index in [2.05, 4.69) is 24.3 Å². The zero-order chi connectivity index (χ0) is 14.8. The first-order valence-electron chi connectivity index (χ1n) is 7.69. The molecule has 1 rings (SSSR count). The summed E-state index contributed by atoms with van der Waals surface area (Å²) in [5.74, 6) is 0. The van der Waals surface area contributed by atoms with Gasteiger partial charge in [-0.25, -0.2) is 0 Å². The Bertz CT molecular complexity index is 366. The third-order valence-electron chi connectivity index (χ3n) is 3.22. The number of ether oxygens (including phenoxy) is 1. The fourth-order valence-corrected chi connectivity index (χ4v) is 2.08. The fraction of sp³-hybridized carbons (Fsp3) is 0.800. The van der Waals surface area contributed by atoms with Crippen molar-refractivity contribution in [2.45, 2.75) is 52.1 Å². The molecule has 0 saturated heterocycles. The highest BCUT2D eigenvalue weighted by Crippen LogP contribution is 2.13. The van der Waals surface area contributed by atoms with Crippen molar-refractivity contribution in [3.63, 3.8) is 0 Å². The molecule has 0 radical (unpaired) electrons. The van der Waals surface area contributed by atoms with E-state index in [1.807, 2.05) is 13.2 Å². The lowest BCUT2D eigenvalue weighted by molar-refractivity contribution is 0.0416. The average Bonchev–Trinajstić information content (AvgIpc) is 2.80. The van der Waals surface area contributed by atoms with Gasteiger partial charge in [-0.1, -0.05) is 33.1 Å². The van der Waals surface area contributed by atoms with E-state index >= 15 is 0 Å². The molecule has 1 aromatic heterocycles. The van der Waals surface area contributed by atoms with Gasteiger partial charge >= 0.3 is 0 Å². The number of nitrogens with zero attached hydrogens (tertiary/aromatic N) is 2. The van der Waals surface area contributed by atoms with Crippen LogP contribution in [0.1, 0.15) is 45.2 Å². The molecule has 0 spiro atoms. The van der Waals surface area contributed by atoms with Crippen LogP contribution in [0.4, 0.5) is 5.69 Å². The van der Waals surface area contributed by atoms with Gasteiger partial charge in [0.2, 0.25) is 0 Å². The van der Waals surface area contributed by atoms with Gasteiger partial charge < -0.3 is 15.2 Å². The lowest BCUT2D eigenvalue weighted by Gasteiger charge is -2.13. The average molecular weight is 283 g/mol. The van der Waals surface area contributed by atoms with Crippen LogP contribution in [0.5, 0.6) is 0 Å². The van der Waals surface area contributed by atoms with Crippen molar-refractivity contribution >= 4 is 5.69 Å². The number of hydrogen-bond donors (Lipinski definition) is 2. The van der Waals surface area contributed by atoms with Crippen LogP contribution in [0.15, 0.2) is 6.20 Å². The van der Waals surface area contributed by atoms with Crippen LogP contribution >= 0.6 is 0 Å². The van der Waals surface area contributed by atoms with Gasteiger partial charge in [-0.2, -0.15) is 5.10 Å². The molecule has 1 atom stereocenters. The molecule has 5 heteroatoms. The molecule has 0 bridgehead atoms. The zero-order valence-corrected chi connectivity index (χ0v) is 13.1. The summed E-state index contributed by atoms with van der Waals surface area (Å²) in [6.45, 7) is 5.89. The summed E-state index contributed by atoms with van der Waals surface area (Å²) < 4.78 is 7.27. The quantitative estimate of drug-likeness (QED) is 0.612. The van der Waals surface area contributed by atoms with Crippen molar-refractivity contribution in [1.29, 1.82) is 0 Å². The first-order valence-corrected chi connectivity index (χ1v) is 7.69. The normalized spacial score (nSPS) is 12.6. The smallest absolute Gasteiger partial charge is 0.0945 e.